The maximum absolute atomic E-state index is 12.9. The third-order valence-electron chi connectivity index (χ3n) is 4.84. The van der Waals surface area contributed by atoms with Gasteiger partial charge in [0.15, 0.2) is 0 Å². The highest BCUT2D eigenvalue weighted by Gasteiger charge is 2.49. The van der Waals surface area contributed by atoms with E-state index in [2.05, 4.69) is 0 Å². The van der Waals surface area contributed by atoms with Gasteiger partial charge in [0.2, 0.25) is 5.91 Å². The molecule has 3 rings (SSSR count). The summed E-state index contributed by atoms with van der Waals surface area (Å²) in [6.45, 7) is 3.09. The molecular weight excluding hydrogens is 336 g/mol. The Hall–Kier alpha value is -1.11. The minimum absolute atomic E-state index is 0.0521. The summed E-state index contributed by atoms with van der Waals surface area (Å²) >= 11 is 7.43. The third kappa shape index (κ3) is 3.12. The van der Waals surface area contributed by atoms with Crippen LogP contribution in [0.1, 0.15) is 28.9 Å². The Kier molecular flexibility index (Phi) is 4.94. The molecule has 1 spiro atoms. The normalized spacial score (nSPS) is 24.7. The molecule has 0 saturated carbocycles. The molecule has 2 saturated heterocycles. The van der Waals surface area contributed by atoms with Crippen molar-refractivity contribution in [2.45, 2.75) is 19.3 Å². The van der Waals surface area contributed by atoms with Crippen molar-refractivity contribution in [2.75, 3.05) is 39.9 Å². The van der Waals surface area contributed by atoms with Crippen molar-refractivity contribution in [3.8, 4) is 0 Å². The van der Waals surface area contributed by atoms with Crippen molar-refractivity contribution in [1.29, 1.82) is 0 Å². The number of amides is 2. The van der Waals surface area contributed by atoms with Crippen LogP contribution in [0.4, 0.5) is 0 Å². The van der Waals surface area contributed by atoms with E-state index in [9.17, 15) is 9.59 Å². The van der Waals surface area contributed by atoms with E-state index in [1.54, 1.807) is 18.1 Å². The molecule has 5 nitrogen and oxygen atoms in total. The molecule has 3 heterocycles. The zero-order valence-electron chi connectivity index (χ0n) is 13.2. The number of carbonyl (C=O) groups excluding carboxylic acids is 2. The Bertz CT molecular complexity index is 606. The zero-order chi connectivity index (χ0) is 16.4. The van der Waals surface area contributed by atoms with Crippen molar-refractivity contribution in [2.24, 2.45) is 5.41 Å². The second-order valence-corrected chi connectivity index (χ2v) is 7.57. The van der Waals surface area contributed by atoms with Crippen LogP contribution in [0, 0.1) is 5.41 Å². The molecule has 2 aliphatic heterocycles. The SMILES string of the molecule is COCCN1CCC[C@@]2(CCN(C(=O)c3sccc3Cl)C2)C1=O. The molecule has 7 heteroatoms. The number of carbonyl (C=O) groups is 2. The number of methoxy groups -OCH3 is 1. The highest BCUT2D eigenvalue weighted by molar-refractivity contribution is 7.12. The number of hydrogen-bond donors (Lipinski definition) is 0. The predicted octanol–water partition coefficient (Wildman–Crippen LogP) is 2.50. The Morgan fingerprint density at radius 2 is 2.26 bits per heavy atom. The molecule has 0 aliphatic carbocycles. The standard InChI is InChI=1S/C16H21ClN2O3S/c1-22-9-8-18-6-2-4-16(15(18)21)5-7-19(11-16)14(20)13-12(17)3-10-23-13/h3,10H,2,4-9,11H2,1H3/t16-/m0/s1. The monoisotopic (exact) mass is 356 g/mol. The zero-order valence-corrected chi connectivity index (χ0v) is 14.8. The molecule has 1 aromatic heterocycles. The van der Waals surface area contributed by atoms with Crippen molar-refractivity contribution >= 4 is 34.8 Å². The topological polar surface area (TPSA) is 49.9 Å². The molecule has 126 valence electrons. The highest BCUT2D eigenvalue weighted by Crippen LogP contribution is 2.41. The van der Waals surface area contributed by atoms with Gasteiger partial charge < -0.3 is 14.5 Å². The summed E-state index contributed by atoms with van der Waals surface area (Å²) in [5.41, 5.74) is -0.411. The van der Waals surface area contributed by atoms with Crippen molar-refractivity contribution in [3.05, 3.63) is 21.3 Å². The number of nitrogens with zero attached hydrogens (tertiary/aromatic N) is 2. The number of rotatable bonds is 4. The lowest BCUT2D eigenvalue weighted by atomic mass is 9.78. The van der Waals surface area contributed by atoms with Crippen molar-refractivity contribution in [1.82, 2.24) is 9.80 Å². The first-order valence-electron chi connectivity index (χ1n) is 7.88. The number of likely N-dealkylation sites (tertiary alicyclic amines) is 2. The van der Waals surface area contributed by atoms with Gasteiger partial charge in [-0.3, -0.25) is 9.59 Å². The summed E-state index contributed by atoms with van der Waals surface area (Å²) in [6.07, 6.45) is 2.58. The molecule has 0 N–H and O–H groups in total. The second kappa shape index (κ2) is 6.79. The average molecular weight is 357 g/mol. The van der Waals surface area contributed by atoms with Gasteiger partial charge >= 0.3 is 0 Å². The lowest BCUT2D eigenvalue weighted by Crippen LogP contribution is -2.51. The lowest BCUT2D eigenvalue weighted by molar-refractivity contribution is -0.146. The minimum atomic E-state index is -0.411. The summed E-state index contributed by atoms with van der Waals surface area (Å²) in [5, 5.41) is 2.32. The van der Waals surface area contributed by atoms with Gasteiger partial charge in [-0.2, -0.15) is 0 Å². The Morgan fingerprint density at radius 1 is 1.43 bits per heavy atom. The van der Waals surface area contributed by atoms with E-state index in [4.69, 9.17) is 16.3 Å². The maximum Gasteiger partial charge on any atom is 0.265 e. The molecule has 0 aromatic carbocycles. The van der Waals surface area contributed by atoms with Crippen LogP contribution in [0.15, 0.2) is 11.4 Å². The summed E-state index contributed by atoms with van der Waals surface area (Å²) in [4.78, 5) is 29.8. The van der Waals surface area contributed by atoms with Crippen LogP contribution in [0.2, 0.25) is 5.02 Å². The number of ether oxygens (including phenoxy) is 1. The third-order valence-corrected chi connectivity index (χ3v) is 6.17. The second-order valence-electron chi connectivity index (χ2n) is 6.24. The van der Waals surface area contributed by atoms with E-state index in [-0.39, 0.29) is 11.8 Å². The van der Waals surface area contributed by atoms with Gasteiger partial charge in [0.25, 0.3) is 5.91 Å². The first-order chi connectivity index (χ1) is 11.1. The van der Waals surface area contributed by atoms with Crippen LogP contribution < -0.4 is 0 Å². The number of thiophene rings is 1. The van der Waals surface area contributed by atoms with E-state index in [0.717, 1.165) is 25.8 Å². The lowest BCUT2D eigenvalue weighted by Gasteiger charge is -2.39. The van der Waals surface area contributed by atoms with Crippen LogP contribution in [-0.4, -0.2) is 61.5 Å². The van der Waals surface area contributed by atoms with E-state index in [1.807, 2.05) is 10.3 Å². The Labute approximate surface area is 145 Å². The fourth-order valence-electron chi connectivity index (χ4n) is 3.58. The number of piperidine rings is 1. The van der Waals surface area contributed by atoms with Gasteiger partial charge in [0.1, 0.15) is 4.88 Å². The van der Waals surface area contributed by atoms with Crippen molar-refractivity contribution < 1.29 is 14.3 Å². The quantitative estimate of drug-likeness (QED) is 0.832. The minimum Gasteiger partial charge on any atom is -0.383 e. The van der Waals surface area contributed by atoms with Gasteiger partial charge in [-0.15, -0.1) is 11.3 Å². The summed E-state index contributed by atoms with van der Waals surface area (Å²) < 4.78 is 5.09. The van der Waals surface area contributed by atoms with E-state index >= 15 is 0 Å². The smallest absolute Gasteiger partial charge is 0.265 e. The van der Waals surface area contributed by atoms with Gasteiger partial charge in [-0.1, -0.05) is 11.6 Å². The van der Waals surface area contributed by atoms with Gasteiger partial charge in [-0.25, -0.2) is 0 Å². The van der Waals surface area contributed by atoms with Crippen LogP contribution in [0.3, 0.4) is 0 Å². The summed E-state index contributed by atoms with van der Waals surface area (Å²) in [7, 11) is 1.64. The highest BCUT2D eigenvalue weighted by atomic mass is 35.5. The molecule has 2 aliphatic rings. The molecule has 0 bridgehead atoms. The Balaban J connectivity index is 1.71. The average Bonchev–Trinajstić information content (AvgIpc) is 3.16. The fraction of sp³-hybridized carbons (Fsp3) is 0.625. The van der Waals surface area contributed by atoms with Crippen LogP contribution in [0.5, 0.6) is 0 Å². The number of halogens is 1. The molecule has 0 radical (unpaired) electrons. The molecular formula is C16H21ClN2O3S. The molecule has 1 aromatic rings. The maximum atomic E-state index is 12.9. The molecule has 23 heavy (non-hydrogen) atoms. The summed E-state index contributed by atoms with van der Waals surface area (Å²) in [5.74, 6) is 0.122. The van der Waals surface area contributed by atoms with Gasteiger partial charge in [0, 0.05) is 33.3 Å². The van der Waals surface area contributed by atoms with Crippen LogP contribution in [0.25, 0.3) is 0 Å². The van der Waals surface area contributed by atoms with Gasteiger partial charge in [0.05, 0.1) is 17.0 Å². The van der Waals surface area contributed by atoms with E-state index in [1.165, 1.54) is 11.3 Å². The van der Waals surface area contributed by atoms with Crippen LogP contribution >= 0.6 is 22.9 Å². The fourth-order valence-corrected chi connectivity index (χ4v) is 4.68. The van der Waals surface area contributed by atoms with Crippen molar-refractivity contribution in [3.63, 3.8) is 0 Å². The Morgan fingerprint density at radius 3 is 2.96 bits per heavy atom. The molecule has 2 amide bonds. The van der Waals surface area contributed by atoms with Crippen LogP contribution in [-0.2, 0) is 9.53 Å². The molecule has 1 atom stereocenters. The molecule has 0 unspecified atom stereocenters. The first-order valence-corrected chi connectivity index (χ1v) is 9.14. The number of hydrogen-bond acceptors (Lipinski definition) is 4. The largest absolute Gasteiger partial charge is 0.383 e. The first kappa shape index (κ1) is 16.7. The van der Waals surface area contributed by atoms with E-state index < -0.39 is 5.41 Å². The molecule has 2 fully saturated rings. The predicted molar refractivity (Wildman–Crippen MR) is 90.0 cm³/mol. The van der Waals surface area contributed by atoms with Gasteiger partial charge in [-0.05, 0) is 30.7 Å². The summed E-state index contributed by atoms with van der Waals surface area (Å²) in [6, 6.07) is 1.74. The van der Waals surface area contributed by atoms with E-state index in [0.29, 0.717) is 36.1 Å².